The predicted molar refractivity (Wildman–Crippen MR) is 59.8 cm³/mol. The molecule has 0 saturated heterocycles. The lowest BCUT2D eigenvalue weighted by molar-refractivity contribution is -0.385. The van der Waals surface area contributed by atoms with Crippen LogP contribution in [0.4, 0.5) is 5.69 Å². The number of nitro groups is 1. The van der Waals surface area contributed by atoms with Gasteiger partial charge in [-0.15, -0.1) is 0 Å². The zero-order chi connectivity index (χ0) is 12.4. The fraction of sp³-hybridized carbons (Fsp3) is 0.0909. The Morgan fingerprint density at radius 3 is 2.82 bits per heavy atom. The number of imidazole rings is 1. The molecule has 6 nitrogen and oxygen atoms in total. The van der Waals surface area contributed by atoms with Crippen molar-refractivity contribution in [1.82, 2.24) is 9.55 Å². The molecule has 0 fully saturated rings. The molecule has 17 heavy (non-hydrogen) atoms. The van der Waals surface area contributed by atoms with Gasteiger partial charge in [0.25, 0.3) is 11.6 Å². The maximum Gasteiger partial charge on any atom is 0.282 e. The van der Waals surface area contributed by atoms with Crippen molar-refractivity contribution in [3.05, 3.63) is 58.2 Å². The molecular weight excluding hydrogens is 222 g/mol. The van der Waals surface area contributed by atoms with Crippen LogP contribution in [0.3, 0.4) is 0 Å². The first-order chi connectivity index (χ1) is 8.11. The second kappa shape index (κ2) is 4.17. The summed E-state index contributed by atoms with van der Waals surface area (Å²) in [5, 5.41) is 10.9. The number of carbonyl (C=O) groups excluding carboxylic acids is 1. The minimum absolute atomic E-state index is 0.0931. The van der Waals surface area contributed by atoms with E-state index in [0.717, 1.165) is 0 Å². The van der Waals surface area contributed by atoms with Crippen molar-refractivity contribution >= 4 is 11.6 Å². The fourth-order valence-electron chi connectivity index (χ4n) is 1.59. The zero-order valence-corrected chi connectivity index (χ0v) is 9.03. The van der Waals surface area contributed by atoms with E-state index in [0.29, 0.717) is 5.56 Å². The summed E-state index contributed by atoms with van der Waals surface area (Å²) in [5.41, 5.74) is 0.470. The summed E-state index contributed by atoms with van der Waals surface area (Å²) in [6, 6.07) is 4.53. The summed E-state index contributed by atoms with van der Waals surface area (Å²) in [6.45, 7) is 1.66. The van der Waals surface area contributed by atoms with Crippen LogP contribution in [0.1, 0.15) is 15.9 Å². The molecule has 0 saturated carbocycles. The Morgan fingerprint density at radius 2 is 2.24 bits per heavy atom. The number of benzene rings is 1. The minimum atomic E-state index is -0.558. The van der Waals surface area contributed by atoms with Crippen molar-refractivity contribution < 1.29 is 9.72 Å². The second-order valence-electron chi connectivity index (χ2n) is 3.50. The van der Waals surface area contributed by atoms with Crippen LogP contribution in [0.15, 0.2) is 36.9 Å². The number of nitro benzene ring substituents is 1. The normalized spacial score (nSPS) is 10.2. The Morgan fingerprint density at radius 1 is 1.47 bits per heavy atom. The van der Waals surface area contributed by atoms with Gasteiger partial charge in [0.15, 0.2) is 0 Å². The van der Waals surface area contributed by atoms with E-state index in [1.165, 1.54) is 29.4 Å². The molecule has 2 rings (SSSR count). The van der Waals surface area contributed by atoms with Gasteiger partial charge in [0.1, 0.15) is 11.9 Å². The molecule has 0 unspecified atom stereocenters. The van der Waals surface area contributed by atoms with E-state index in [4.69, 9.17) is 0 Å². The van der Waals surface area contributed by atoms with Gasteiger partial charge in [-0.3, -0.25) is 19.5 Å². The third kappa shape index (κ3) is 1.92. The standard InChI is InChI=1S/C11H9N3O3/c1-8-3-2-4-9(14(16)17)10(8)11(15)13-6-5-12-7-13/h2-7H,1H3. The van der Waals surface area contributed by atoms with Crippen molar-refractivity contribution in [3.63, 3.8) is 0 Å². The van der Waals surface area contributed by atoms with Crippen LogP contribution in [-0.2, 0) is 0 Å². The molecule has 0 N–H and O–H groups in total. The lowest BCUT2D eigenvalue weighted by atomic mass is 10.1. The molecule has 6 heteroatoms. The summed E-state index contributed by atoms with van der Waals surface area (Å²) >= 11 is 0. The van der Waals surface area contributed by atoms with Crippen LogP contribution in [0.5, 0.6) is 0 Å². The Bertz CT molecular complexity index is 576. The van der Waals surface area contributed by atoms with Gasteiger partial charge in [-0.2, -0.15) is 0 Å². The number of carbonyl (C=O) groups is 1. The van der Waals surface area contributed by atoms with Gasteiger partial charge in [-0.1, -0.05) is 12.1 Å². The maximum absolute atomic E-state index is 12.1. The highest BCUT2D eigenvalue weighted by molar-refractivity contribution is 6.00. The van der Waals surface area contributed by atoms with Crippen molar-refractivity contribution in [2.24, 2.45) is 0 Å². The molecule has 0 amide bonds. The number of hydrogen-bond donors (Lipinski definition) is 0. The third-order valence-corrected chi connectivity index (χ3v) is 2.40. The Hall–Kier alpha value is -2.50. The van der Waals surface area contributed by atoms with Crippen LogP contribution in [0, 0.1) is 17.0 Å². The molecule has 0 aliphatic heterocycles. The molecule has 1 heterocycles. The van der Waals surface area contributed by atoms with E-state index in [2.05, 4.69) is 4.98 Å². The minimum Gasteiger partial charge on any atom is -0.272 e. The summed E-state index contributed by atoms with van der Waals surface area (Å²) in [7, 11) is 0. The van der Waals surface area contributed by atoms with Crippen molar-refractivity contribution in [1.29, 1.82) is 0 Å². The Labute approximate surface area is 96.7 Å². The van der Waals surface area contributed by atoms with E-state index >= 15 is 0 Å². The largest absolute Gasteiger partial charge is 0.282 e. The van der Waals surface area contributed by atoms with Crippen LogP contribution < -0.4 is 0 Å². The van der Waals surface area contributed by atoms with E-state index in [1.807, 2.05) is 0 Å². The number of nitrogens with zero attached hydrogens (tertiary/aromatic N) is 3. The number of rotatable bonds is 2. The topological polar surface area (TPSA) is 78.0 Å². The maximum atomic E-state index is 12.1. The second-order valence-corrected chi connectivity index (χ2v) is 3.50. The highest BCUT2D eigenvalue weighted by Gasteiger charge is 2.22. The van der Waals surface area contributed by atoms with Crippen LogP contribution in [-0.4, -0.2) is 20.4 Å². The molecular formula is C11H9N3O3. The highest BCUT2D eigenvalue weighted by Crippen LogP contribution is 2.22. The molecule has 2 aromatic rings. The van der Waals surface area contributed by atoms with Crippen LogP contribution in [0.25, 0.3) is 0 Å². The van der Waals surface area contributed by atoms with Gasteiger partial charge in [0, 0.05) is 18.5 Å². The Balaban J connectivity index is 2.59. The van der Waals surface area contributed by atoms with E-state index in [-0.39, 0.29) is 11.3 Å². The van der Waals surface area contributed by atoms with Crippen LogP contribution >= 0.6 is 0 Å². The summed E-state index contributed by atoms with van der Waals surface area (Å²) in [4.78, 5) is 26.1. The smallest absolute Gasteiger partial charge is 0.272 e. The Kier molecular flexibility index (Phi) is 2.70. The number of hydrogen-bond acceptors (Lipinski definition) is 4. The lowest BCUT2D eigenvalue weighted by Crippen LogP contribution is -2.13. The zero-order valence-electron chi connectivity index (χ0n) is 9.03. The fourth-order valence-corrected chi connectivity index (χ4v) is 1.59. The molecule has 0 aliphatic rings. The van der Waals surface area contributed by atoms with Crippen LogP contribution in [0.2, 0.25) is 0 Å². The monoisotopic (exact) mass is 231 g/mol. The number of aryl methyl sites for hydroxylation is 1. The van der Waals surface area contributed by atoms with E-state index < -0.39 is 10.8 Å². The molecule has 0 bridgehead atoms. The van der Waals surface area contributed by atoms with Crippen molar-refractivity contribution in [2.75, 3.05) is 0 Å². The molecule has 0 aliphatic carbocycles. The van der Waals surface area contributed by atoms with Gasteiger partial charge in [-0.05, 0) is 12.5 Å². The summed E-state index contributed by atoms with van der Waals surface area (Å²) in [5.74, 6) is -0.452. The quantitative estimate of drug-likeness (QED) is 0.583. The van der Waals surface area contributed by atoms with Crippen molar-refractivity contribution in [2.45, 2.75) is 6.92 Å². The molecule has 1 aromatic heterocycles. The third-order valence-electron chi connectivity index (χ3n) is 2.40. The van der Waals surface area contributed by atoms with Gasteiger partial charge in [0.2, 0.25) is 0 Å². The molecule has 1 aromatic carbocycles. The average Bonchev–Trinajstić information content (AvgIpc) is 2.81. The first kappa shape index (κ1) is 11.0. The predicted octanol–water partition coefficient (Wildman–Crippen LogP) is 1.79. The van der Waals surface area contributed by atoms with E-state index in [9.17, 15) is 14.9 Å². The molecule has 0 radical (unpaired) electrons. The SMILES string of the molecule is Cc1cccc([N+](=O)[O-])c1C(=O)n1ccnc1. The average molecular weight is 231 g/mol. The molecule has 0 atom stereocenters. The van der Waals surface area contributed by atoms with E-state index in [1.54, 1.807) is 19.1 Å². The van der Waals surface area contributed by atoms with Gasteiger partial charge in [0.05, 0.1) is 4.92 Å². The van der Waals surface area contributed by atoms with Gasteiger partial charge >= 0.3 is 0 Å². The summed E-state index contributed by atoms with van der Waals surface area (Å²) < 4.78 is 1.22. The highest BCUT2D eigenvalue weighted by atomic mass is 16.6. The van der Waals surface area contributed by atoms with Crippen molar-refractivity contribution in [3.8, 4) is 0 Å². The molecule has 86 valence electrons. The summed E-state index contributed by atoms with van der Waals surface area (Å²) in [6.07, 6.45) is 4.22. The first-order valence-corrected chi connectivity index (χ1v) is 4.88. The van der Waals surface area contributed by atoms with Gasteiger partial charge in [-0.25, -0.2) is 4.98 Å². The first-order valence-electron chi connectivity index (χ1n) is 4.88. The molecule has 0 spiro atoms. The van der Waals surface area contributed by atoms with Gasteiger partial charge < -0.3 is 0 Å². The number of aromatic nitrogens is 2. The lowest BCUT2D eigenvalue weighted by Gasteiger charge is -2.05.